The topological polar surface area (TPSA) is 58.2 Å². The predicted molar refractivity (Wildman–Crippen MR) is 71.5 cm³/mol. The van der Waals surface area contributed by atoms with Crippen molar-refractivity contribution in [2.45, 2.75) is 46.0 Å². The molecule has 0 bridgehead atoms. The summed E-state index contributed by atoms with van der Waals surface area (Å²) in [6, 6.07) is 0. The number of hydrogen-bond acceptors (Lipinski definition) is 3. The second kappa shape index (κ2) is 6.71. The molecule has 1 aliphatic rings. The van der Waals surface area contributed by atoms with Gasteiger partial charge in [-0.3, -0.25) is 0 Å². The maximum atomic E-state index is 11.7. The van der Waals surface area contributed by atoms with Gasteiger partial charge in [-0.1, -0.05) is 20.3 Å². The first-order valence-electron chi connectivity index (χ1n) is 6.72. The van der Waals surface area contributed by atoms with Gasteiger partial charge in [0.05, 0.1) is 5.75 Å². The van der Waals surface area contributed by atoms with Crippen molar-refractivity contribution in [3.63, 3.8) is 0 Å². The van der Waals surface area contributed by atoms with Crippen LogP contribution in [0.5, 0.6) is 0 Å². The molecule has 0 unspecified atom stereocenters. The van der Waals surface area contributed by atoms with Gasteiger partial charge in [-0.15, -0.1) is 0 Å². The van der Waals surface area contributed by atoms with E-state index in [1.165, 1.54) is 19.3 Å². The lowest BCUT2D eigenvalue weighted by Gasteiger charge is -2.41. The predicted octanol–water partition coefficient (Wildman–Crippen LogP) is 1.49. The number of hydrogen-bond donors (Lipinski definition) is 2. The lowest BCUT2D eigenvalue weighted by molar-refractivity contribution is 0.133. The molecule has 1 fully saturated rings. The molecule has 17 heavy (non-hydrogen) atoms. The van der Waals surface area contributed by atoms with Crippen LogP contribution in [0.3, 0.4) is 0 Å². The molecule has 0 amide bonds. The largest absolute Gasteiger partial charge is 0.316 e. The lowest BCUT2D eigenvalue weighted by atomic mass is 9.67. The summed E-state index contributed by atoms with van der Waals surface area (Å²) in [6.07, 6.45) is 5.68. The van der Waals surface area contributed by atoms with Crippen LogP contribution in [-0.4, -0.2) is 33.8 Å². The summed E-state index contributed by atoms with van der Waals surface area (Å²) in [5.41, 5.74) is 0.254. The molecule has 0 spiro atoms. The van der Waals surface area contributed by atoms with Gasteiger partial charge in [-0.05, 0) is 37.6 Å². The molecule has 4 nitrogen and oxygen atoms in total. The van der Waals surface area contributed by atoms with Gasteiger partial charge in [0.2, 0.25) is 10.0 Å². The molecule has 0 radical (unpaired) electrons. The molecule has 0 aromatic heterocycles. The molecule has 1 saturated carbocycles. The highest BCUT2D eigenvalue weighted by Crippen LogP contribution is 2.43. The minimum Gasteiger partial charge on any atom is -0.316 e. The van der Waals surface area contributed by atoms with E-state index in [1.54, 1.807) is 0 Å². The highest BCUT2D eigenvalue weighted by atomic mass is 32.2. The van der Waals surface area contributed by atoms with E-state index in [-0.39, 0.29) is 11.2 Å². The third-order valence-corrected chi connectivity index (χ3v) is 5.13. The summed E-state index contributed by atoms with van der Waals surface area (Å²) in [6.45, 7) is 6.27. The van der Waals surface area contributed by atoms with Crippen LogP contribution in [0.4, 0.5) is 0 Å². The SMILES string of the molecule is CCCNCCS(=O)(=O)NCC1(CC)CCC1. The van der Waals surface area contributed by atoms with Crippen LogP contribution < -0.4 is 10.0 Å². The van der Waals surface area contributed by atoms with Crippen molar-refractivity contribution in [2.75, 3.05) is 25.4 Å². The molecule has 1 rings (SSSR count). The second-order valence-corrected chi connectivity index (χ2v) is 7.02. The Hall–Kier alpha value is -0.130. The summed E-state index contributed by atoms with van der Waals surface area (Å²) in [4.78, 5) is 0. The highest BCUT2D eigenvalue weighted by Gasteiger charge is 2.35. The molecule has 2 N–H and O–H groups in total. The molecule has 102 valence electrons. The Morgan fingerprint density at radius 1 is 1.18 bits per heavy atom. The van der Waals surface area contributed by atoms with Gasteiger partial charge < -0.3 is 5.32 Å². The third-order valence-electron chi connectivity index (χ3n) is 3.81. The first-order valence-corrected chi connectivity index (χ1v) is 8.37. The summed E-state index contributed by atoms with van der Waals surface area (Å²) in [5, 5.41) is 3.11. The normalized spacial score (nSPS) is 18.9. The third kappa shape index (κ3) is 4.94. The standard InChI is InChI=1S/C12H26N2O2S/c1-3-8-13-9-10-17(15,16)14-11-12(4-2)6-5-7-12/h13-14H,3-11H2,1-2H3. The van der Waals surface area contributed by atoms with Gasteiger partial charge in [0.25, 0.3) is 0 Å². The van der Waals surface area contributed by atoms with E-state index in [2.05, 4.69) is 23.9 Å². The van der Waals surface area contributed by atoms with E-state index >= 15 is 0 Å². The zero-order valence-corrected chi connectivity index (χ0v) is 11.9. The van der Waals surface area contributed by atoms with Gasteiger partial charge in [0.15, 0.2) is 0 Å². The van der Waals surface area contributed by atoms with E-state index < -0.39 is 10.0 Å². The Morgan fingerprint density at radius 2 is 1.88 bits per heavy atom. The van der Waals surface area contributed by atoms with Gasteiger partial charge >= 0.3 is 0 Å². The average Bonchev–Trinajstić information content (AvgIpc) is 2.24. The van der Waals surface area contributed by atoms with Crippen LogP contribution in [0.25, 0.3) is 0 Å². The summed E-state index contributed by atoms with van der Waals surface area (Å²) < 4.78 is 26.3. The number of rotatable bonds is 9. The van der Waals surface area contributed by atoms with Crippen molar-refractivity contribution in [1.29, 1.82) is 0 Å². The van der Waals surface area contributed by atoms with Gasteiger partial charge in [-0.2, -0.15) is 0 Å². The minimum atomic E-state index is -3.09. The van der Waals surface area contributed by atoms with Crippen LogP contribution in [0, 0.1) is 5.41 Å². The lowest BCUT2D eigenvalue weighted by Crippen LogP contribution is -2.43. The first-order chi connectivity index (χ1) is 8.04. The molecule has 0 aromatic rings. The van der Waals surface area contributed by atoms with E-state index in [4.69, 9.17) is 0 Å². The Balaban J connectivity index is 2.24. The Bertz CT molecular complexity index is 305. The molecule has 0 aromatic carbocycles. The van der Waals surface area contributed by atoms with Crippen molar-refractivity contribution < 1.29 is 8.42 Å². The van der Waals surface area contributed by atoms with Crippen molar-refractivity contribution in [1.82, 2.24) is 10.0 Å². The number of sulfonamides is 1. The molecule has 0 saturated heterocycles. The van der Waals surface area contributed by atoms with E-state index in [0.29, 0.717) is 13.1 Å². The fraction of sp³-hybridized carbons (Fsp3) is 1.00. The van der Waals surface area contributed by atoms with Gasteiger partial charge in [0, 0.05) is 13.1 Å². The quantitative estimate of drug-likeness (QED) is 0.619. The van der Waals surface area contributed by atoms with Crippen LogP contribution in [-0.2, 0) is 10.0 Å². The molecular formula is C12H26N2O2S. The van der Waals surface area contributed by atoms with Crippen LogP contribution in [0.15, 0.2) is 0 Å². The average molecular weight is 262 g/mol. The number of nitrogens with one attached hydrogen (secondary N) is 2. The highest BCUT2D eigenvalue weighted by molar-refractivity contribution is 7.89. The Labute approximate surface area is 106 Å². The van der Waals surface area contributed by atoms with Gasteiger partial charge in [0.1, 0.15) is 0 Å². The summed E-state index contributed by atoms with van der Waals surface area (Å²) in [7, 11) is -3.09. The minimum absolute atomic E-state index is 0.187. The van der Waals surface area contributed by atoms with Crippen molar-refractivity contribution in [3.8, 4) is 0 Å². The molecule has 0 aliphatic heterocycles. The summed E-state index contributed by atoms with van der Waals surface area (Å²) in [5.74, 6) is 0.187. The fourth-order valence-corrected chi connectivity index (χ4v) is 3.26. The maximum absolute atomic E-state index is 11.7. The molecule has 5 heteroatoms. The van der Waals surface area contributed by atoms with Crippen molar-refractivity contribution >= 4 is 10.0 Å². The Kier molecular flexibility index (Phi) is 5.89. The zero-order valence-electron chi connectivity index (χ0n) is 11.1. The molecular weight excluding hydrogens is 236 g/mol. The first kappa shape index (κ1) is 14.9. The van der Waals surface area contributed by atoms with Crippen molar-refractivity contribution in [2.24, 2.45) is 5.41 Å². The molecule has 0 heterocycles. The van der Waals surface area contributed by atoms with Crippen LogP contribution in [0.1, 0.15) is 46.0 Å². The van der Waals surface area contributed by atoms with E-state index in [0.717, 1.165) is 19.4 Å². The van der Waals surface area contributed by atoms with E-state index in [1.807, 2.05) is 0 Å². The van der Waals surface area contributed by atoms with Gasteiger partial charge in [-0.25, -0.2) is 13.1 Å². The zero-order chi connectivity index (χ0) is 12.8. The van der Waals surface area contributed by atoms with Crippen LogP contribution in [0.2, 0.25) is 0 Å². The second-order valence-electron chi connectivity index (χ2n) is 5.10. The fourth-order valence-electron chi connectivity index (χ4n) is 2.18. The molecule has 0 atom stereocenters. The Morgan fingerprint density at radius 3 is 2.35 bits per heavy atom. The van der Waals surface area contributed by atoms with Crippen molar-refractivity contribution in [3.05, 3.63) is 0 Å². The monoisotopic (exact) mass is 262 g/mol. The van der Waals surface area contributed by atoms with E-state index in [9.17, 15) is 8.42 Å². The van der Waals surface area contributed by atoms with Crippen LogP contribution >= 0.6 is 0 Å². The maximum Gasteiger partial charge on any atom is 0.212 e. The summed E-state index contributed by atoms with van der Waals surface area (Å²) >= 11 is 0. The molecule has 1 aliphatic carbocycles. The smallest absolute Gasteiger partial charge is 0.212 e.